The highest BCUT2D eigenvalue weighted by Crippen LogP contribution is 2.23. The van der Waals surface area contributed by atoms with Crippen molar-refractivity contribution in [3.05, 3.63) is 47.0 Å². The Morgan fingerprint density at radius 3 is 2.47 bits per heavy atom. The van der Waals surface area contributed by atoms with E-state index in [-0.39, 0.29) is 6.61 Å². The Bertz CT molecular complexity index is 482. The maximum Gasteiger partial charge on any atom is 0.102 e. The maximum atomic E-state index is 9.47. The molecular weight excluding hydrogens is 212 g/mol. The average Bonchev–Trinajstić information content (AvgIpc) is 2.27. The molecule has 0 saturated carbocycles. The van der Waals surface area contributed by atoms with Crippen molar-refractivity contribution in [3.63, 3.8) is 0 Å². The van der Waals surface area contributed by atoms with Gasteiger partial charge < -0.3 is 10.2 Å². The number of hydrogen-bond donors (Lipinski definition) is 2. The largest absolute Gasteiger partial charge is 0.393 e. The zero-order valence-corrected chi connectivity index (χ0v) is 8.78. The lowest BCUT2D eigenvalue weighted by molar-refractivity contribution is 0.0957. The van der Waals surface area contributed by atoms with Gasteiger partial charge in [-0.1, -0.05) is 29.8 Å². The lowest BCUT2D eigenvalue weighted by Gasteiger charge is -2.08. The van der Waals surface area contributed by atoms with E-state index in [2.05, 4.69) is 0 Å². The SMILES string of the molecule is OCC(O)c1ccc2cc(Cl)ccc2c1. The number of rotatable bonds is 2. The van der Waals surface area contributed by atoms with Crippen LogP contribution in [-0.2, 0) is 0 Å². The van der Waals surface area contributed by atoms with Crippen LogP contribution < -0.4 is 0 Å². The highest BCUT2D eigenvalue weighted by molar-refractivity contribution is 6.31. The first-order valence-electron chi connectivity index (χ1n) is 4.69. The van der Waals surface area contributed by atoms with Crippen LogP contribution in [0.1, 0.15) is 11.7 Å². The molecule has 0 heterocycles. The molecule has 3 heteroatoms. The van der Waals surface area contributed by atoms with Crippen LogP contribution in [0.4, 0.5) is 0 Å². The Morgan fingerprint density at radius 2 is 1.73 bits per heavy atom. The van der Waals surface area contributed by atoms with Gasteiger partial charge >= 0.3 is 0 Å². The number of halogens is 1. The Kier molecular flexibility index (Phi) is 2.91. The second-order valence-electron chi connectivity index (χ2n) is 3.45. The van der Waals surface area contributed by atoms with Crippen molar-refractivity contribution in [2.75, 3.05) is 6.61 Å². The summed E-state index contributed by atoms with van der Waals surface area (Å²) in [7, 11) is 0. The van der Waals surface area contributed by atoms with E-state index in [0.29, 0.717) is 10.6 Å². The van der Waals surface area contributed by atoms with Crippen LogP contribution in [0, 0.1) is 0 Å². The third-order valence-electron chi connectivity index (χ3n) is 2.38. The molecule has 1 atom stereocenters. The fourth-order valence-corrected chi connectivity index (χ4v) is 1.73. The number of fused-ring (bicyclic) bond motifs is 1. The topological polar surface area (TPSA) is 40.5 Å². The predicted molar refractivity (Wildman–Crippen MR) is 61.0 cm³/mol. The summed E-state index contributed by atoms with van der Waals surface area (Å²) in [6, 6.07) is 11.1. The van der Waals surface area contributed by atoms with Gasteiger partial charge in [-0.15, -0.1) is 0 Å². The third-order valence-corrected chi connectivity index (χ3v) is 2.62. The Balaban J connectivity index is 2.52. The smallest absolute Gasteiger partial charge is 0.102 e. The van der Waals surface area contributed by atoms with E-state index in [1.54, 1.807) is 12.1 Å². The average molecular weight is 223 g/mol. The first-order chi connectivity index (χ1) is 7.20. The highest BCUT2D eigenvalue weighted by atomic mass is 35.5. The maximum absolute atomic E-state index is 9.47. The Labute approximate surface area is 92.7 Å². The van der Waals surface area contributed by atoms with Crippen LogP contribution in [-0.4, -0.2) is 16.8 Å². The minimum atomic E-state index is -0.815. The standard InChI is InChI=1S/C12H11ClO2/c13-11-4-3-8-5-10(12(15)7-14)2-1-9(8)6-11/h1-6,12,14-15H,7H2. The number of hydrogen-bond acceptors (Lipinski definition) is 2. The van der Waals surface area contributed by atoms with Crippen LogP contribution in [0.25, 0.3) is 10.8 Å². The van der Waals surface area contributed by atoms with Crippen molar-refractivity contribution in [1.82, 2.24) is 0 Å². The third kappa shape index (κ3) is 2.12. The van der Waals surface area contributed by atoms with E-state index >= 15 is 0 Å². The summed E-state index contributed by atoms with van der Waals surface area (Å²) in [6.07, 6.45) is -0.815. The van der Waals surface area contributed by atoms with Crippen LogP contribution in [0.15, 0.2) is 36.4 Å². The quantitative estimate of drug-likeness (QED) is 0.820. The predicted octanol–water partition coefficient (Wildman–Crippen LogP) is 2.52. The molecule has 2 N–H and O–H groups in total. The molecule has 0 aromatic heterocycles. The van der Waals surface area contributed by atoms with Gasteiger partial charge in [0.1, 0.15) is 6.10 Å². The van der Waals surface area contributed by atoms with Gasteiger partial charge in [-0.3, -0.25) is 0 Å². The van der Waals surface area contributed by atoms with E-state index in [0.717, 1.165) is 10.8 Å². The second kappa shape index (κ2) is 4.19. The molecule has 0 aliphatic heterocycles. The van der Waals surface area contributed by atoms with Crippen LogP contribution in [0.2, 0.25) is 5.02 Å². The lowest BCUT2D eigenvalue weighted by atomic mass is 10.0. The summed E-state index contributed by atoms with van der Waals surface area (Å²) in [5, 5.41) is 21.0. The van der Waals surface area contributed by atoms with E-state index in [4.69, 9.17) is 16.7 Å². The van der Waals surface area contributed by atoms with Gasteiger partial charge in [0, 0.05) is 5.02 Å². The Hall–Kier alpha value is -1.09. The van der Waals surface area contributed by atoms with Gasteiger partial charge in [-0.2, -0.15) is 0 Å². The van der Waals surface area contributed by atoms with E-state index in [1.807, 2.05) is 24.3 Å². The van der Waals surface area contributed by atoms with Crippen molar-refractivity contribution in [1.29, 1.82) is 0 Å². The second-order valence-corrected chi connectivity index (χ2v) is 3.89. The molecule has 0 fully saturated rings. The number of aliphatic hydroxyl groups is 2. The van der Waals surface area contributed by atoms with E-state index in [1.165, 1.54) is 0 Å². The molecular formula is C12H11ClO2. The fourth-order valence-electron chi connectivity index (χ4n) is 1.55. The Morgan fingerprint density at radius 1 is 1.07 bits per heavy atom. The zero-order valence-electron chi connectivity index (χ0n) is 8.02. The molecule has 2 aromatic rings. The van der Waals surface area contributed by atoms with Crippen LogP contribution >= 0.6 is 11.6 Å². The minimum Gasteiger partial charge on any atom is -0.393 e. The van der Waals surface area contributed by atoms with Gasteiger partial charge in [-0.25, -0.2) is 0 Å². The van der Waals surface area contributed by atoms with Crippen molar-refractivity contribution in [2.45, 2.75) is 6.10 Å². The van der Waals surface area contributed by atoms with Gasteiger partial charge in [0.25, 0.3) is 0 Å². The zero-order chi connectivity index (χ0) is 10.8. The number of benzene rings is 2. The molecule has 0 saturated heterocycles. The minimum absolute atomic E-state index is 0.265. The molecule has 2 rings (SSSR count). The summed E-state index contributed by atoms with van der Waals surface area (Å²) >= 11 is 5.86. The molecule has 0 amide bonds. The molecule has 0 bridgehead atoms. The fraction of sp³-hybridized carbons (Fsp3) is 0.167. The normalized spacial score (nSPS) is 13.0. The molecule has 0 aliphatic carbocycles. The molecule has 15 heavy (non-hydrogen) atoms. The van der Waals surface area contributed by atoms with Gasteiger partial charge in [-0.05, 0) is 34.5 Å². The first-order valence-corrected chi connectivity index (χ1v) is 5.06. The van der Waals surface area contributed by atoms with Crippen LogP contribution in [0.5, 0.6) is 0 Å². The summed E-state index contributed by atoms with van der Waals surface area (Å²) in [5.74, 6) is 0. The lowest BCUT2D eigenvalue weighted by Crippen LogP contribution is -2.01. The molecule has 0 radical (unpaired) electrons. The molecule has 2 aromatic carbocycles. The molecule has 1 unspecified atom stereocenters. The summed E-state index contributed by atoms with van der Waals surface area (Å²) in [5.41, 5.74) is 0.715. The van der Waals surface area contributed by atoms with Gasteiger partial charge in [0.15, 0.2) is 0 Å². The van der Waals surface area contributed by atoms with Crippen LogP contribution in [0.3, 0.4) is 0 Å². The van der Waals surface area contributed by atoms with Gasteiger partial charge in [0.2, 0.25) is 0 Å². The van der Waals surface area contributed by atoms with E-state index in [9.17, 15) is 5.11 Å². The van der Waals surface area contributed by atoms with Crippen molar-refractivity contribution in [3.8, 4) is 0 Å². The van der Waals surface area contributed by atoms with Crippen molar-refractivity contribution >= 4 is 22.4 Å². The van der Waals surface area contributed by atoms with Crippen molar-refractivity contribution in [2.24, 2.45) is 0 Å². The highest BCUT2D eigenvalue weighted by Gasteiger charge is 2.06. The number of aliphatic hydroxyl groups excluding tert-OH is 2. The van der Waals surface area contributed by atoms with E-state index < -0.39 is 6.10 Å². The molecule has 78 valence electrons. The summed E-state index contributed by atoms with van der Waals surface area (Å²) in [6.45, 7) is -0.265. The van der Waals surface area contributed by atoms with Crippen molar-refractivity contribution < 1.29 is 10.2 Å². The summed E-state index contributed by atoms with van der Waals surface area (Å²) < 4.78 is 0. The molecule has 2 nitrogen and oxygen atoms in total. The summed E-state index contributed by atoms with van der Waals surface area (Å²) in [4.78, 5) is 0. The van der Waals surface area contributed by atoms with Gasteiger partial charge in [0.05, 0.1) is 6.61 Å². The first kappa shape index (κ1) is 10.4. The molecule has 0 spiro atoms. The molecule has 0 aliphatic rings. The monoisotopic (exact) mass is 222 g/mol.